The van der Waals surface area contributed by atoms with Crippen molar-refractivity contribution >= 4 is 34.2 Å². The van der Waals surface area contributed by atoms with Crippen molar-refractivity contribution in [2.75, 3.05) is 37.8 Å². The molecular weight excluding hydrogens is 569 g/mol. The van der Waals surface area contributed by atoms with E-state index in [-0.39, 0.29) is 18.4 Å². The van der Waals surface area contributed by atoms with Crippen LogP contribution in [-0.2, 0) is 17.5 Å². The number of halogens is 3. The molecule has 0 spiro atoms. The number of aromatic nitrogens is 2. The fourth-order valence-electron chi connectivity index (χ4n) is 5.49. The summed E-state index contributed by atoms with van der Waals surface area (Å²) in [7, 11) is 4.07. The highest BCUT2D eigenvalue weighted by Crippen LogP contribution is 2.40. The number of carbonyl (C=O) groups excluding carboxylic acids is 2. The SMILES string of the molecule is CC[C@@H](C)[C@@H]1C(=O)Nc2ccc(NCCCN(C)C)cc2-c2nc3cc(C(=O)NCc4cccc(C(F)(F)F)c4)ccc3n21. The highest BCUT2D eigenvalue weighted by molar-refractivity contribution is 6.03. The van der Waals surface area contributed by atoms with Gasteiger partial charge < -0.3 is 25.4 Å². The summed E-state index contributed by atoms with van der Waals surface area (Å²) in [4.78, 5) is 33.8. The minimum absolute atomic E-state index is 0.000437. The number of alkyl halides is 3. The van der Waals surface area contributed by atoms with Crippen LogP contribution in [0.5, 0.6) is 0 Å². The van der Waals surface area contributed by atoms with Crippen LogP contribution >= 0.6 is 0 Å². The number of amides is 2. The van der Waals surface area contributed by atoms with Crippen molar-refractivity contribution in [3.05, 3.63) is 77.4 Å². The van der Waals surface area contributed by atoms with Crippen LogP contribution < -0.4 is 16.0 Å². The maximum Gasteiger partial charge on any atom is 0.416 e. The maximum atomic E-state index is 13.6. The number of anilines is 2. The number of hydrogen-bond acceptors (Lipinski definition) is 5. The molecule has 2 heterocycles. The van der Waals surface area contributed by atoms with Gasteiger partial charge in [-0.2, -0.15) is 13.2 Å². The molecule has 1 aliphatic heterocycles. The third kappa shape index (κ3) is 6.57. The van der Waals surface area contributed by atoms with Crippen molar-refractivity contribution in [2.24, 2.45) is 5.92 Å². The van der Waals surface area contributed by atoms with E-state index in [0.29, 0.717) is 33.7 Å². The number of nitrogens with zero attached hydrogens (tertiary/aromatic N) is 3. The summed E-state index contributed by atoms with van der Waals surface area (Å²) in [6, 6.07) is 15.3. The van der Waals surface area contributed by atoms with Crippen LogP contribution in [0.4, 0.5) is 24.5 Å². The van der Waals surface area contributed by atoms with Gasteiger partial charge in [-0.1, -0.05) is 32.4 Å². The highest BCUT2D eigenvalue weighted by Gasteiger charge is 2.34. The molecule has 1 aromatic heterocycles. The first-order valence-electron chi connectivity index (χ1n) is 14.8. The molecule has 2 atom stereocenters. The largest absolute Gasteiger partial charge is 0.416 e. The average Bonchev–Trinajstić information content (AvgIpc) is 3.30. The van der Waals surface area contributed by atoms with E-state index in [0.717, 1.165) is 49.3 Å². The lowest BCUT2D eigenvalue weighted by molar-refractivity contribution is -0.137. The van der Waals surface area contributed by atoms with E-state index in [1.807, 2.05) is 50.7 Å². The minimum Gasteiger partial charge on any atom is -0.385 e. The first-order chi connectivity index (χ1) is 21.0. The van der Waals surface area contributed by atoms with Gasteiger partial charge in [-0.15, -0.1) is 0 Å². The molecule has 3 aromatic carbocycles. The van der Waals surface area contributed by atoms with Crippen LogP contribution in [0, 0.1) is 5.92 Å². The second-order valence-corrected chi connectivity index (χ2v) is 11.6. The second kappa shape index (κ2) is 12.7. The van der Waals surface area contributed by atoms with Crippen LogP contribution in [0.1, 0.15) is 54.2 Å². The normalized spacial score (nSPS) is 15.4. The Morgan fingerprint density at radius 1 is 1.11 bits per heavy atom. The van der Waals surface area contributed by atoms with Gasteiger partial charge in [0.2, 0.25) is 5.91 Å². The van der Waals surface area contributed by atoms with Crippen molar-refractivity contribution in [1.82, 2.24) is 19.8 Å². The van der Waals surface area contributed by atoms with Gasteiger partial charge in [0.15, 0.2) is 0 Å². The summed E-state index contributed by atoms with van der Waals surface area (Å²) >= 11 is 0. The van der Waals surface area contributed by atoms with E-state index in [1.165, 1.54) is 12.1 Å². The van der Waals surface area contributed by atoms with Gasteiger partial charge in [0.25, 0.3) is 5.91 Å². The maximum absolute atomic E-state index is 13.6. The zero-order valence-electron chi connectivity index (χ0n) is 25.3. The monoisotopic (exact) mass is 606 g/mol. The van der Waals surface area contributed by atoms with Crippen molar-refractivity contribution in [2.45, 2.75) is 45.5 Å². The summed E-state index contributed by atoms with van der Waals surface area (Å²) in [6.45, 7) is 5.75. The third-order valence-corrected chi connectivity index (χ3v) is 8.02. The molecule has 0 fully saturated rings. The molecule has 11 heteroatoms. The molecule has 0 saturated heterocycles. The zero-order chi connectivity index (χ0) is 31.6. The quantitative estimate of drug-likeness (QED) is 0.178. The number of benzene rings is 3. The van der Waals surface area contributed by atoms with Crippen LogP contribution in [0.25, 0.3) is 22.4 Å². The molecule has 232 valence electrons. The Hall–Kier alpha value is -4.38. The summed E-state index contributed by atoms with van der Waals surface area (Å²) in [5.41, 5.74) is 3.50. The van der Waals surface area contributed by atoms with Crippen molar-refractivity contribution in [1.29, 1.82) is 0 Å². The number of carbonyl (C=O) groups is 2. The average molecular weight is 607 g/mol. The molecular formula is C33H37F3N6O2. The van der Waals surface area contributed by atoms with Crippen LogP contribution in [0.3, 0.4) is 0 Å². The lowest BCUT2D eigenvalue weighted by atomic mass is 9.97. The Morgan fingerprint density at radius 3 is 2.64 bits per heavy atom. The number of fused-ring (bicyclic) bond motifs is 5. The first-order valence-corrected chi connectivity index (χ1v) is 14.8. The smallest absolute Gasteiger partial charge is 0.385 e. The Morgan fingerprint density at radius 2 is 1.91 bits per heavy atom. The standard InChI is InChI=1S/C33H37F3N6O2/c1-5-20(2)29-32(44)40-26-12-11-24(37-14-7-15-41(3)4)18-25(26)30-39-27-17-22(10-13-28(27)42(29)30)31(43)38-19-21-8-6-9-23(16-21)33(34,35)36/h6,8-13,16-18,20,29,37H,5,7,14-15,19H2,1-4H3,(H,38,43)(H,40,44)/t20-,29-/m1/s1. The molecule has 2 amide bonds. The molecule has 0 saturated carbocycles. The minimum atomic E-state index is -4.46. The molecule has 1 aliphatic rings. The summed E-state index contributed by atoms with van der Waals surface area (Å²) < 4.78 is 41.3. The predicted octanol–water partition coefficient (Wildman–Crippen LogP) is 6.56. The fraction of sp³-hybridized carbons (Fsp3) is 0.364. The van der Waals surface area contributed by atoms with Gasteiger partial charge in [-0.25, -0.2) is 4.98 Å². The summed E-state index contributed by atoms with van der Waals surface area (Å²) in [5, 5.41) is 9.28. The van der Waals surface area contributed by atoms with Gasteiger partial charge in [0, 0.05) is 29.9 Å². The second-order valence-electron chi connectivity index (χ2n) is 11.6. The van der Waals surface area contributed by atoms with Crippen LogP contribution in [0.15, 0.2) is 60.7 Å². The van der Waals surface area contributed by atoms with E-state index in [9.17, 15) is 22.8 Å². The Kier molecular flexibility index (Phi) is 8.96. The van der Waals surface area contributed by atoms with Crippen molar-refractivity contribution in [3.63, 3.8) is 0 Å². The first kappa shape index (κ1) is 31.1. The molecule has 44 heavy (non-hydrogen) atoms. The molecule has 4 aromatic rings. The summed E-state index contributed by atoms with van der Waals surface area (Å²) in [5.74, 6) is 0.0539. The van der Waals surface area contributed by atoms with E-state index in [1.54, 1.807) is 18.2 Å². The molecule has 0 radical (unpaired) electrons. The molecule has 0 bridgehead atoms. The lowest BCUT2D eigenvalue weighted by Gasteiger charge is -2.23. The molecule has 0 unspecified atom stereocenters. The van der Waals surface area contributed by atoms with Crippen molar-refractivity contribution in [3.8, 4) is 11.4 Å². The van der Waals surface area contributed by atoms with E-state index in [4.69, 9.17) is 4.98 Å². The lowest BCUT2D eigenvalue weighted by Crippen LogP contribution is -2.29. The Labute approximate surface area is 254 Å². The fourth-order valence-corrected chi connectivity index (χ4v) is 5.49. The topological polar surface area (TPSA) is 91.3 Å². The molecule has 5 rings (SSSR count). The molecule has 0 aliphatic carbocycles. The summed E-state index contributed by atoms with van der Waals surface area (Å²) in [6.07, 6.45) is -2.73. The van der Waals surface area contributed by atoms with Gasteiger partial charge in [0.05, 0.1) is 22.3 Å². The predicted molar refractivity (Wildman–Crippen MR) is 167 cm³/mol. The van der Waals surface area contributed by atoms with Gasteiger partial charge in [-0.3, -0.25) is 9.59 Å². The third-order valence-electron chi connectivity index (χ3n) is 8.02. The highest BCUT2D eigenvalue weighted by atomic mass is 19.4. The van der Waals surface area contributed by atoms with Crippen LogP contribution in [0.2, 0.25) is 0 Å². The Balaban J connectivity index is 1.48. The van der Waals surface area contributed by atoms with Gasteiger partial charge in [0.1, 0.15) is 11.9 Å². The number of hydrogen-bond donors (Lipinski definition) is 3. The van der Waals surface area contributed by atoms with E-state index < -0.39 is 23.7 Å². The van der Waals surface area contributed by atoms with E-state index >= 15 is 0 Å². The number of rotatable bonds is 10. The zero-order valence-corrected chi connectivity index (χ0v) is 25.3. The molecule has 8 nitrogen and oxygen atoms in total. The van der Waals surface area contributed by atoms with Crippen LogP contribution in [-0.4, -0.2) is 53.5 Å². The van der Waals surface area contributed by atoms with E-state index in [2.05, 4.69) is 20.9 Å². The van der Waals surface area contributed by atoms with Gasteiger partial charge >= 0.3 is 6.18 Å². The number of nitrogens with one attached hydrogen (secondary N) is 3. The molecule has 3 N–H and O–H groups in total. The van der Waals surface area contributed by atoms with Gasteiger partial charge in [-0.05, 0) is 87.1 Å². The van der Waals surface area contributed by atoms with Crippen molar-refractivity contribution < 1.29 is 22.8 Å². The Bertz CT molecular complexity index is 1680. The number of imidazole rings is 1.